The van der Waals surface area contributed by atoms with Crippen molar-refractivity contribution >= 4 is 5.97 Å². The average molecular weight is 251 g/mol. The Morgan fingerprint density at radius 2 is 2.00 bits per heavy atom. The Bertz CT molecular complexity index is 332. The molecule has 2 fully saturated rings. The molecule has 100 valence electrons. The molecule has 2 heterocycles. The summed E-state index contributed by atoms with van der Waals surface area (Å²) in [6.45, 7) is 3.77. The Morgan fingerprint density at radius 1 is 1.28 bits per heavy atom. The minimum Gasteiger partial charge on any atom is -0.480 e. The quantitative estimate of drug-likeness (QED) is 0.804. The molecule has 0 aliphatic carbocycles. The number of piperidine rings is 1. The Balaban J connectivity index is 1.82. The molecule has 1 atom stereocenters. The van der Waals surface area contributed by atoms with Crippen LogP contribution in [0.25, 0.3) is 0 Å². The second-order valence-electron chi connectivity index (χ2n) is 5.22. The number of carboxylic acids is 1. The third-order valence-electron chi connectivity index (χ3n) is 4.15. The molecule has 1 unspecified atom stereocenters. The summed E-state index contributed by atoms with van der Waals surface area (Å²) in [5.41, 5.74) is 0. The summed E-state index contributed by atoms with van der Waals surface area (Å²) >= 11 is 0. The van der Waals surface area contributed by atoms with Crippen LogP contribution in [-0.2, 0) is 4.79 Å². The number of carbonyl (C=O) groups is 1. The molecule has 2 aliphatic rings. The third-order valence-corrected chi connectivity index (χ3v) is 4.15. The van der Waals surface area contributed by atoms with Crippen LogP contribution in [0.3, 0.4) is 0 Å². The van der Waals surface area contributed by atoms with Gasteiger partial charge in [-0.15, -0.1) is 0 Å². The van der Waals surface area contributed by atoms with Crippen molar-refractivity contribution in [3.05, 3.63) is 0 Å². The van der Waals surface area contributed by atoms with Gasteiger partial charge in [-0.25, -0.2) is 0 Å². The number of nitriles is 1. The molecule has 1 N–H and O–H groups in total. The Hall–Kier alpha value is -1.12. The zero-order valence-electron chi connectivity index (χ0n) is 10.7. The monoisotopic (exact) mass is 251 g/mol. The van der Waals surface area contributed by atoms with Crippen LogP contribution >= 0.6 is 0 Å². The predicted molar refractivity (Wildman–Crippen MR) is 67.1 cm³/mol. The van der Waals surface area contributed by atoms with Gasteiger partial charge in [0.1, 0.15) is 6.04 Å². The van der Waals surface area contributed by atoms with E-state index in [4.69, 9.17) is 5.26 Å². The van der Waals surface area contributed by atoms with E-state index >= 15 is 0 Å². The molecule has 0 spiro atoms. The lowest BCUT2D eigenvalue weighted by atomic mass is 10.0. The molecule has 0 aromatic heterocycles. The summed E-state index contributed by atoms with van der Waals surface area (Å²) in [7, 11) is 0. The largest absolute Gasteiger partial charge is 0.480 e. The van der Waals surface area contributed by atoms with Crippen LogP contribution in [0.4, 0.5) is 0 Å². The van der Waals surface area contributed by atoms with Crippen molar-refractivity contribution in [2.75, 3.05) is 26.2 Å². The zero-order chi connectivity index (χ0) is 13.0. The molecule has 2 rings (SSSR count). The van der Waals surface area contributed by atoms with E-state index in [0.717, 1.165) is 51.9 Å². The number of rotatable bonds is 4. The van der Waals surface area contributed by atoms with Crippen LogP contribution in [0, 0.1) is 11.3 Å². The van der Waals surface area contributed by atoms with Gasteiger partial charge in [0, 0.05) is 19.0 Å². The van der Waals surface area contributed by atoms with Gasteiger partial charge in [-0.1, -0.05) is 0 Å². The fraction of sp³-hybridized carbons (Fsp3) is 0.846. The van der Waals surface area contributed by atoms with Crippen molar-refractivity contribution < 1.29 is 9.90 Å². The normalized spacial score (nSPS) is 27.2. The van der Waals surface area contributed by atoms with Crippen LogP contribution in [0.2, 0.25) is 0 Å². The van der Waals surface area contributed by atoms with E-state index in [1.165, 1.54) is 0 Å². The molecule has 0 aromatic rings. The summed E-state index contributed by atoms with van der Waals surface area (Å²) in [4.78, 5) is 15.7. The first kappa shape index (κ1) is 13.3. The first-order valence-electron chi connectivity index (χ1n) is 6.80. The second-order valence-corrected chi connectivity index (χ2v) is 5.22. The van der Waals surface area contributed by atoms with E-state index < -0.39 is 5.97 Å². The summed E-state index contributed by atoms with van der Waals surface area (Å²) in [6, 6.07) is 2.33. The van der Waals surface area contributed by atoms with Gasteiger partial charge in [0.2, 0.25) is 0 Å². The van der Waals surface area contributed by atoms with Crippen molar-refractivity contribution in [2.24, 2.45) is 0 Å². The van der Waals surface area contributed by atoms with Gasteiger partial charge in [-0.3, -0.25) is 9.69 Å². The first-order valence-corrected chi connectivity index (χ1v) is 6.80. The molecule has 5 nitrogen and oxygen atoms in total. The highest BCUT2D eigenvalue weighted by molar-refractivity contribution is 5.73. The molecule has 0 amide bonds. The van der Waals surface area contributed by atoms with E-state index in [1.54, 1.807) is 0 Å². The number of hydrogen-bond acceptors (Lipinski definition) is 4. The predicted octanol–water partition coefficient (Wildman–Crippen LogP) is 0.913. The van der Waals surface area contributed by atoms with Crippen molar-refractivity contribution in [1.29, 1.82) is 5.26 Å². The number of nitrogens with zero attached hydrogens (tertiary/aromatic N) is 3. The first-order chi connectivity index (χ1) is 8.72. The summed E-state index contributed by atoms with van der Waals surface area (Å²) < 4.78 is 0. The summed E-state index contributed by atoms with van der Waals surface area (Å²) in [5.74, 6) is -0.667. The number of likely N-dealkylation sites (tertiary alicyclic amines) is 2. The minimum atomic E-state index is -0.667. The molecule has 2 saturated heterocycles. The number of aliphatic carboxylic acids is 1. The highest BCUT2D eigenvalue weighted by Crippen LogP contribution is 2.26. The van der Waals surface area contributed by atoms with E-state index in [1.807, 2.05) is 0 Å². The van der Waals surface area contributed by atoms with Gasteiger partial charge in [-0.05, 0) is 45.3 Å². The van der Waals surface area contributed by atoms with Crippen LogP contribution in [-0.4, -0.2) is 59.1 Å². The molecule has 0 saturated carbocycles. The van der Waals surface area contributed by atoms with E-state index in [9.17, 15) is 9.90 Å². The Morgan fingerprint density at radius 3 is 2.61 bits per heavy atom. The van der Waals surface area contributed by atoms with Crippen LogP contribution in [0.15, 0.2) is 0 Å². The third kappa shape index (κ3) is 3.01. The summed E-state index contributed by atoms with van der Waals surface area (Å²) in [5, 5.41) is 17.8. The van der Waals surface area contributed by atoms with E-state index in [0.29, 0.717) is 12.5 Å². The van der Waals surface area contributed by atoms with Crippen LogP contribution in [0.1, 0.15) is 32.1 Å². The van der Waals surface area contributed by atoms with Gasteiger partial charge in [0.15, 0.2) is 0 Å². The molecule has 0 aromatic carbocycles. The molecular formula is C13H21N3O2. The lowest BCUT2D eigenvalue weighted by molar-refractivity contribution is -0.143. The average Bonchev–Trinajstić information content (AvgIpc) is 2.86. The van der Waals surface area contributed by atoms with Gasteiger partial charge >= 0.3 is 5.97 Å². The molecular weight excluding hydrogens is 230 g/mol. The standard InChI is InChI=1S/C13H21N3O2/c14-6-2-7-15-9-4-11(5-10-15)16-8-1-3-12(16)13(17)18/h11-12H,1-5,7-10H2,(H,17,18). The molecule has 0 bridgehead atoms. The van der Waals surface area contributed by atoms with Crippen molar-refractivity contribution in [3.63, 3.8) is 0 Å². The highest BCUT2D eigenvalue weighted by atomic mass is 16.4. The van der Waals surface area contributed by atoms with Crippen molar-refractivity contribution in [2.45, 2.75) is 44.2 Å². The SMILES string of the molecule is N#CCCN1CCC(N2CCCC2C(=O)O)CC1. The number of hydrogen-bond donors (Lipinski definition) is 1. The molecule has 18 heavy (non-hydrogen) atoms. The summed E-state index contributed by atoms with van der Waals surface area (Å²) in [6.07, 6.45) is 4.46. The van der Waals surface area contributed by atoms with Gasteiger partial charge < -0.3 is 10.0 Å². The van der Waals surface area contributed by atoms with Crippen LogP contribution < -0.4 is 0 Å². The Labute approximate surface area is 108 Å². The molecule has 0 radical (unpaired) electrons. The second kappa shape index (κ2) is 6.17. The smallest absolute Gasteiger partial charge is 0.320 e. The fourth-order valence-corrected chi connectivity index (χ4v) is 3.17. The van der Waals surface area contributed by atoms with E-state index in [-0.39, 0.29) is 6.04 Å². The Kier molecular flexibility index (Phi) is 4.56. The van der Waals surface area contributed by atoms with Gasteiger partial charge in [0.25, 0.3) is 0 Å². The van der Waals surface area contributed by atoms with Crippen molar-refractivity contribution in [3.8, 4) is 6.07 Å². The lowest BCUT2D eigenvalue weighted by Gasteiger charge is -2.38. The lowest BCUT2D eigenvalue weighted by Crippen LogP contribution is -2.48. The van der Waals surface area contributed by atoms with Crippen molar-refractivity contribution in [1.82, 2.24) is 9.80 Å². The molecule has 2 aliphatic heterocycles. The zero-order valence-corrected chi connectivity index (χ0v) is 10.7. The van der Waals surface area contributed by atoms with Crippen LogP contribution in [0.5, 0.6) is 0 Å². The van der Waals surface area contributed by atoms with Gasteiger partial charge in [-0.2, -0.15) is 5.26 Å². The minimum absolute atomic E-state index is 0.263. The fourth-order valence-electron chi connectivity index (χ4n) is 3.17. The van der Waals surface area contributed by atoms with E-state index in [2.05, 4.69) is 15.9 Å². The van der Waals surface area contributed by atoms with Gasteiger partial charge in [0.05, 0.1) is 6.07 Å². The maximum Gasteiger partial charge on any atom is 0.320 e. The maximum atomic E-state index is 11.2. The molecule has 5 heteroatoms. The number of carboxylic acid groups (broad SMARTS) is 1. The topological polar surface area (TPSA) is 67.6 Å². The highest BCUT2D eigenvalue weighted by Gasteiger charge is 2.36. The maximum absolute atomic E-state index is 11.2.